The number of hydrogen-bond acceptors (Lipinski definition) is 7. The molecule has 0 saturated heterocycles. The zero-order chi connectivity index (χ0) is 25.1. The van der Waals surface area contributed by atoms with Gasteiger partial charge in [-0.05, 0) is 50.5 Å². The predicted octanol–water partition coefficient (Wildman–Crippen LogP) is 2.51. The summed E-state index contributed by atoms with van der Waals surface area (Å²) in [6, 6.07) is 6.71. The third kappa shape index (κ3) is 5.07. The Hall–Kier alpha value is -3.66. The zero-order valence-electron chi connectivity index (χ0n) is 20.3. The molecule has 1 aliphatic rings. The van der Waals surface area contributed by atoms with E-state index < -0.39 is 23.2 Å². The molecule has 1 atom stereocenters. The number of amides is 1. The summed E-state index contributed by atoms with van der Waals surface area (Å²) >= 11 is 0. The molecule has 2 heterocycles. The largest absolute Gasteiger partial charge is 0.493 e. The van der Waals surface area contributed by atoms with E-state index in [9.17, 15) is 14.4 Å². The number of nitrogens with one attached hydrogen (secondary N) is 2. The first-order chi connectivity index (χ1) is 16.9. The van der Waals surface area contributed by atoms with Gasteiger partial charge in [0.1, 0.15) is 6.61 Å². The van der Waals surface area contributed by atoms with Crippen molar-refractivity contribution in [1.82, 2.24) is 19.9 Å². The summed E-state index contributed by atoms with van der Waals surface area (Å²) in [4.78, 5) is 45.4. The van der Waals surface area contributed by atoms with Crippen LogP contribution in [0.3, 0.4) is 0 Å². The average Bonchev–Trinajstić information content (AvgIpc) is 3.69. The van der Waals surface area contributed by atoms with Crippen molar-refractivity contribution < 1.29 is 19.0 Å². The van der Waals surface area contributed by atoms with E-state index in [1.165, 1.54) is 4.57 Å². The van der Waals surface area contributed by atoms with E-state index in [4.69, 9.17) is 14.2 Å². The van der Waals surface area contributed by atoms with Crippen LogP contribution >= 0.6 is 0 Å². The lowest BCUT2D eigenvalue weighted by atomic mass is 10.0. The Kier molecular flexibility index (Phi) is 7.20. The molecule has 2 N–H and O–H groups in total. The number of carbonyl (C=O) groups excluding carboxylic acids is 1. The standard InChI is InChI=1S/C25H30N4O6/c1-5-29-22-21(24(31)28-25(29)32)17(13-18(27-22)15-6-7-15)23(30)26-14(2)16-8-9-19(20(12-16)34-4)35-11-10-33-3/h8-9,12-15H,5-7,10-11H2,1-4H3,(H,26,30)(H,28,31,32). The number of nitrogens with zero attached hydrogens (tertiary/aromatic N) is 2. The van der Waals surface area contributed by atoms with Gasteiger partial charge in [0, 0.05) is 25.3 Å². The molecule has 0 bridgehead atoms. The van der Waals surface area contributed by atoms with E-state index in [0.717, 1.165) is 24.1 Å². The SMILES string of the molecule is CCn1c(=O)[nH]c(=O)c2c(C(=O)NC(C)c3ccc(OCCOC)c(OC)c3)cc(C3CC3)nc21. The smallest absolute Gasteiger partial charge is 0.329 e. The van der Waals surface area contributed by atoms with Crippen molar-refractivity contribution in [3.8, 4) is 11.5 Å². The molecule has 1 fully saturated rings. The van der Waals surface area contributed by atoms with Gasteiger partial charge in [0.25, 0.3) is 11.5 Å². The highest BCUT2D eigenvalue weighted by atomic mass is 16.5. The van der Waals surface area contributed by atoms with Gasteiger partial charge in [-0.15, -0.1) is 0 Å². The van der Waals surface area contributed by atoms with Crippen LogP contribution < -0.4 is 26.0 Å². The highest BCUT2D eigenvalue weighted by Gasteiger charge is 2.29. The maximum absolute atomic E-state index is 13.4. The molecule has 3 aromatic rings. The maximum Gasteiger partial charge on any atom is 0.329 e. The summed E-state index contributed by atoms with van der Waals surface area (Å²) in [6.45, 7) is 4.79. The third-order valence-corrected chi connectivity index (χ3v) is 6.11. The van der Waals surface area contributed by atoms with Gasteiger partial charge in [-0.1, -0.05) is 6.07 Å². The van der Waals surface area contributed by atoms with Gasteiger partial charge in [-0.25, -0.2) is 9.78 Å². The molecule has 1 aliphatic carbocycles. The lowest BCUT2D eigenvalue weighted by Gasteiger charge is -2.18. The molecule has 1 amide bonds. The summed E-state index contributed by atoms with van der Waals surface area (Å²) < 4.78 is 17.5. The van der Waals surface area contributed by atoms with Crippen molar-refractivity contribution >= 4 is 16.9 Å². The van der Waals surface area contributed by atoms with Crippen molar-refractivity contribution in [2.75, 3.05) is 27.4 Å². The minimum Gasteiger partial charge on any atom is -0.493 e. The molecular formula is C25H30N4O6. The van der Waals surface area contributed by atoms with Crippen molar-refractivity contribution in [1.29, 1.82) is 0 Å². The number of carbonyl (C=O) groups is 1. The normalized spacial score (nSPS) is 14.1. The van der Waals surface area contributed by atoms with Crippen LogP contribution in [0.15, 0.2) is 33.9 Å². The number of rotatable bonds is 10. The van der Waals surface area contributed by atoms with E-state index >= 15 is 0 Å². The van der Waals surface area contributed by atoms with Crippen molar-refractivity contribution in [2.45, 2.75) is 45.2 Å². The quantitative estimate of drug-likeness (QED) is 0.426. The van der Waals surface area contributed by atoms with Crippen LogP contribution in [-0.4, -0.2) is 47.9 Å². The first-order valence-electron chi connectivity index (χ1n) is 11.7. The first-order valence-corrected chi connectivity index (χ1v) is 11.7. The molecular weight excluding hydrogens is 452 g/mol. The maximum atomic E-state index is 13.4. The highest BCUT2D eigenvalue weighted by molar-refractivity contribution is 6.05. The van der Waals surface area contributed by atoms with Crippen LogP contribution in [0.25, 0.3) is 11.0 Å². The van der Waals surface area contributed by atoms with Gasteiger partial charge in [-0.3, -0.25) is 19.1 Å². The summed E-state index contributed by atoms with van der Waals surface area (Å²) in [5, 5.41) is 3.08. The fourth-order valence-corrected chi connectivity index (χ4v) is 4.02. The van der Waals surface area contributed by atoms with Crippen molar-refractivity contribution in [3.05, 3.63) is 61.9 Å². The molecule has 10 heteroatoms. The molecule has 0 spiro atoms. The van der Waals surface area contributed by atoms with E-state index in [1.54, 1.807) is 39.3 Å². The van der Waals surface area contributed by atoms with Gasteiger partial charge in [0.2, 0.25) is 0 Å². The molecule has 1 saturated carbocycles. The van der Waals surface area contributed by atoms with Gasteiger partial charge in [0.05, 0.1) is 30.7 Å². The second-order valence-corrected chi connectivity index (χ2v) is 8.52. The summed E-state index contributed by atoms with van der Waals surface area (Å²) in [6.07, 6.45) is 1.93. The monoisotopic (exact) mass is 482 g/mol. The average molecular weight is 483 g/mol. The van der Waals surface area contributed by atoms with Crippen molar-refractivity contribution in [3.63, 3.8) is 0 Å². The molecule has 2 aromatic heterocycles. The number of H-pyrrole nitrogens is 1. The number of aryl methyl sites for hydroxylation is 1. The Morgan fingerprint density at radius 2 is 1.97 bits per heavy atom. The number of methoxy groups -OCH3 is 2. The summed E-state index contributed by atoms with van der Waals surface area (Å²) in [5.41, 5.74) is 0.809. The summed E-state index contributed by atoms with van der Waals surface area (Å²) in [7, 11) is 3.15. The first kappa shape index (κ1) is 24.5. The minimum atomic E-state index is -0.624. The van der Waals surface area contributed by atoms with Crippen LogP contribution in [0, 0.1) is 0 Å². The Labute approximate surface area is 202 Å². The number of fused-ring (bicyclic) bond motifs is 1. The molecule has 0 radical (unpaired) electrons. The van der Waals surface area contributed by atoms with Gasteiger partial charge < -0.3 is 19.5 Å². The molecule has 4 rings (SSSR count). The van der Waals surface area contributed by atoms with E-state index in [1.807, 2.05) is 13.0 Å². The number of aromatic nitrogens is 3. The number of ether oxygens (including phenoxy) is 3. The lowest BCUT2D eigenvalue weighted by Crippen LogP contribution is -2.33. The number of pyridine rings is 1. The molecule has 1 aromatic carbocycles. The molecule has 186 valence electrons. The Balaban J connectivity index is 1.67. The third-order valence-electron chi connectivity index (χ3n) is 6.11. The van der Waals surface area contributed by atoms with Crippen LogP contribution in [0.5, 0.6) is 11.5 Å². The van der Waals surface area contributed by atoms with Crippen LogP contribution in [0.4, 0.5) is 0 Å². The highest BCUT2D eigenvalue weighted by Crippen LogP contribution is 2.40. The molecule has 1 unspecified atom stereocenters. The van der Waals surface area contributed by atoms with Crippen molar-refractivity contribution in [2.24, 2.45) is 0 Å². The van der Waals surface area contributed by atoms with E-state index in [0.29, 0.717) is 31.3 Å². The Morgan fingerprint density at radius 3 is 2.63 bits per heavy atom. The minimum absolute atomic E-state index is 0.111. The topological polar surface area (TPSA) is 125 Å². The number of aromatic amines is 1. The fraction of sp³-hybridized carbons (Fsp3) is 0.440. The zero-order valence-corrected chi connectivity index (χ0v) is 20.3. The fourth-order valence-electron chi connectivity index (χ4n) is 4.02. The van der Waals surface area contributed by atoms with Crippen LogP contribution in [0.2, 0.25) is 0 Å². The van der Waals surface area contributed by atoms with Crippen LogP contribution in [-0.2, 0) is 11.3 Å². The van der Waals surface area contributed by atoms with Gasteiger partial charge in [0.15, 0.2) is 17.1 Å². The lowest BCUT2D eigenvalue weighted by molar-refractivity contribution is 0.0941. The Morgan fingerprint density at radius 1 is 1.20 bits per heavy atom. The summed E-state index contributed by atoms with van der Waals surface area (Å²) in [5.74, 6) is 0.926. The predicted molar refractivity (Wildman–Crippen MR) is 131 cm³/mol. The second kappa shape index (κ2) is 10.3. The number of benzene rings is 1. The number of hydrogen-bond donors (Lipinski definition) is 2. The molecule has 10 nitrogen and oxygen atoms in total. The van der Waals surface area contributed by atoms with E-state index in [-0.39, 0.29) is 22.5 Å². The van der Waals surface area contributed by atoms with Gasteiger partial charge >= 0.3 is 5.69 Å². The van der Waals surface area contributed by atoms with E-state index in [2.05, 4.69) is 15.3 Å². The van der Waals surface area contributed by atoms with Gasteiger partial charge in [-0.2, -0.15) is 0 Å². The second-order valence-electron chi connectivity index (χ2n) is 8.52. The Bertz CT molecular complexity index is 1360. The molecule has 0 aliphatic heterocycles. The molecule has 35 heavy (non-hydrogen) atoms. The van der Waals surface area contributed by atoms with Crippen LogP contribution in [0.1, 0.15) is 60.3 Å².